The molecule has 128 valence electrons. The fraction of sp³-hybridized carbons (Fsp3) is 0.222. The first-order valence-electron chi connectivity index (χ1n) is 8.01. The molecule has 1 aromatic carbocycles. The van der Waals surface area contributed by atoms with Crippen molar-refractivity contribution in [2.75, 3.05) is 13.2 Å². The van der Waals surface area contributed by atoms with Gasteiger partial charge in [-0.1, -0.05) is 18.2 Å². The molecule has 25 heavy (non-hydrogen) atoms. The van der Waals surface area contributed by atoms with Crippen LogP contribution in [-0.2, 0) is 0 Å². The number of amides is 1. The number of aromatic nitrogens is 2. The van der Waals surface area contributed by atoms with Crippen molar-refractivity contribution in [2.24, 2.45) is 0 Å². The van der Waals surface area contributed by atoms with Crippen molar-refractivity contribution in [2.45, 2.75) is 13.0 Å². The molecular weight excluding hydrogens is 338 g/mol. The molecule has 3 heterocycles. The van der Waals surface area contributed by atoms with E-state index in [1.807, 2.05) is 48.8 Å². The van der Waals surface area contributed by atoms with Gasteiger partial charge in [0.25, 0.3) is 5.91 Å². The quantitative estimate of drug-likeness (QED) is 0.781. The van der Waals surface area contributed by atoms with Gasteiger partial charge in [-0.3, -0.25) is 4.79 Å². The Kier molecular flexibility index (Phi) is 4.15. The van der Waals surface area contributed by atoms with E-state index >= 15 is 0 Å². The van der Waals surface area contributed by atoms with Crippen LogP contribution in [0, 0.1) is 0 Å². The van der Waals surface area contributed by atoms with Crippen LogP contribution in [0.5, 0.6) is 11.5 Å². The number of nitrogens with zero attached hydrogens (tertiary/aromatic N) is 2. The standard InChI is InChI=1S/C18H17N3O3S/c1-12(13-5-2-3-6-14(13)21-8-4-7-19-21)20-18(22)17-16-15(11-25-17)23-9-10-24-16/h2-8,11-12H,9-10H2,1H3,(H,20,22). The molecule has 1 aliphatic rings. The fourth-order valence-corrected chi connectivity index (χ4v) is 3.67. The second-order valence-corrected chi connectivity index (χ2v) is 6.54. The molecular formula is C18H17N3O3S. The minimum Gasteiger partial charge on any atom is -0.485 e. The number of carbonyl (C=O) groups excluding carboxylic acids is 1. The number of fused-ring (bicyclic) bond motifs is 1. The maximum Gasteiger partial charge on any atom is 0.265 e. The molecule has 3 aromatic rings. The molecule has 4 rings (SSSR count). The Balaban J connectivity index is 1.58. The number of hydrogen-bond donors (Lipinski definition) is 1. The van der Waals surface area contributed by atoms with Crippen molar-refractivity contribution < 1.29 is 14.3 Å². The predicted molar refractivity (Wildman–Crippen MR) is 94.8 cm³/mol. The van der Waals surface area contributed by atoms with E-state index in [-0.39, 0.29) is 11.9 Å². The highest BCUT2D eigenvalue weighted by Crippen LogP contribution is 2.39. The number of carbonyl (C=O) groups is 1. The molecule has 0 saturated carbocycles. The zero-order valence-corrected chi connectivity index (χ0v) is 14.5. The third-order valence-corrected chi connectivity index (χ3v) is 4.95. The minimum absolute atomic E-state index is 0.167. The lowest BCUT2D eigenvalue weighted by Gasteiger charge is -2.19. The van der Waals surface area contributed by atoms with Gasteiger partial charge in [0.15, 0.2) is 11.5 Å². The Morgan fingerprint density at radius 2 is 2.12 bits per heavy atom. The zero-order chi connectivity index (χ0) is 17.2. The highest BCUT2D eigenvalue weighted by molar-refractivity contribution is 7.12. The number of rotatable bonds is 4. The summed E-state index contributed by atoms with van der Waals surface area (Å²) in [6, 6.07) is 9.57. The lowest BCUT2D eigenvalue weighted by atomic mass is 10.1. The molecule has 1 amide bonds. The van der Waals surface area contributed by atoms with Gasteiger partial charge < -0.3 is 14.8 Å². The second-order valence-electron chi connectivity index (χ2n) is 5.66. The van der Waals surface area contributed by atoms with E-state index in [2.05, 4.69) is 10.4 Å². The number of ether oxygens (including phenoxy) is 2. The molecule has 6 nitrogen and oxygen atoms in total. The van der Waals surface area contributed by atoms with Crippen molar-refractivity contribution in [1.29, 1.82) is 0 Å². The van der Waals surface area contributed by atoms with Gasteiger partial charge in [0, 0.05) is 17.8 Å². The van der Waals surface area contributed by atoms with Crippen LogP contribution in [-0.4, -0.2) is 28.9 Å². The van der Waals surface area contributed by atoms with Gasteiger partial charge in [-0.15, -0.1) is 11.3 Å². The molecule has 0 spiro atoms. The van der Waals surface area contributed by atoms with Crippen molar-refractivity contribution in [3.05, 3.63) is 58.5 Å². The molecule has 1 N–H and O–H groups in total. The van der Waals surface area contributed by atoms with Gasteiger partial charge in [-0.25, -0.2) is 4.68 Å². The maximum absolute atomic E-state index is 12.7. The Morgan fingerprint density at radius 3 is 2.96 bits per heavy atom. The number of hydrogen-bond acceptors (Lipinski definition) is 5. The van der Waals surface area contributed by atoms with Gasteiger partial charge in [0.05, 0.1) is 11.7 Å². The van der Waals surface area contributed by atoms with Crippen LogP contribution in [0.25, 0.3) is 5.69 Å². The van der Waals surface area contributed by atoms with Crippen LogP contribution in [0.4, 0.5) is 0 Å². The highest BCUT2D eigenvalue weighted by Gasteiger charge is 2.25. The summed E-state index contributed by atoms with van der Waals surface area (Å²) in [5.74, 6) is 1.02. The van der Waals surface area contributed by atoms with Crippen LogP contribution in [0.2, 0.25) is 0 Å². The number of thiophene rings is 1. The summed E-state index contributed by atoms with van der Waals surface area (Å²) in [4.78, 5) is 13.2. The summed E-state index contributed by atoms with van der Waals surface area (Å²) in [5, 5.41) is 9.14. The third-order valence-electron chi connectivity index (χ3n) is 4.01. The second kappa shape index (κ2) is 6.60. The van der Waals surface area contributed by atoms with Crippen molar-refractivity contribution in [1.82, 2.24) is 15.1 Å². The molecule has 0 radical (unpaired) electrons. The summed E-state index contributed by atoms with van der Waals surface area (Å²) in [7, 11) is 0. The molecule has 2 aromatic heterocycles. The Labute approximate surface area is 149 Å². The fourth-order valence-electron chi connectivity index (χ4n) is 2.83. The summed E-state index contributed by atoms with van der Waals surface area (Å²) in [6.45, 7) is 2.93. The SMILES string of the molecule is CC(NC(=O)c1scc2c1OCCO2)c1ccccc1-n1cccn1. The Bertz CT molecular complexity index is 889. The van der Waals surface area contributed by atoms with Crippen LogP contribution < -0.4 is 14.8 Å². The topological polar surface area (TPSA) is 65.4 Å². The third kappa shape index (κ3) is 2.98. The van der Waals surface area contributed by atoms with E-state index in [9.17, 15) is 4.79 Å². The maximum atomic E-state index is 12.7. The predicted octanol–water partition coefficient (Wildman–Crippen LogP) is 3.20. The van der Waals surface area contributed by atoms with Gasteiger partial charge >= 0.3 is 0 Å². The van der Waals surface area contributed by atoms with Gasteiger partial charge in [-0.2, -0.15) is 5.10 Å². The van der Waals surface area contributed by atoms with Crippen molar-refractivity contribution >= 4 is 17.2 Å². The number of nitrogens with one attached hydrogen (secondary N) is 1. The zero-order valence-electron chi connectivity index (χ0n) is 13.6. The van der Waals surface area contributed by atoms with E-state index in [0.717, 1.165) is 11.3 Å². The van der Waals surface area contributed by atoms with Crippen molar-refractivity contribution in [3.63, 3.8) is 0 Å². The molecule has 7 heteroatoms. The van der Waals surface area contributed by atoms with Crippen LogP contribution in [0.15, 0.2) is 48.1 Å². The smallest absolute Gasteiger partial charge is 0.265 e. The highest BCUT2D eigenvalue weighted by atomic mass is 32.1. The van der Waals surface area contributed by atoms with E-state index in [1.165, 1.54) is 11.3 Å². The van der Waals surface area contributed by atoms with E-state index < -0.39 is 0 Å². The molecule has 0 saturated heterocycles. The first-order chi connectivity index (χ1) is 12.2. The molecule has 1 aliphatic heterocycles. The summed E-state index contributed by atoms with van der Waals surface area (Å²) >= 11 is 1.33. The summed E-state index contributed by atoms with van der Waals surface area (Å²) in [5.41, 5.74) is 1.93. The van der Waals surface area contributed by atoms with Gasteiger partial charge in [-0.05, 0) is 24.6 Å². The Hall–Kier alpha value is -2.80. The van der Waals surface area contributed by atoms with Crippen LogP contribution >= 0.6 is 11.3 Å². The summed E-state index contributed by atoms with van der Waals surface area (Å²) < 4.78 is 12.9. The average molecular weight is 355 g/mol. The molecule has 1 atom stereocenters. The van der Waals surface area contributed by atoms with E-state index in [0.29, 0.717) is 29.6 Å². The van der Waals surface area contributed by atoms with Gasteiger partial charge in [0.1, 0.15) is 18.1 Å². The van der Waals surface area contributed by atoms with E-state index in [1.54, 1.807) is 10.9 Å². The normalized spacial score (nSPS) is 14.1. The molecule has 0 aliphatic carbocycles. The van der Waals surface area contributed by atoms with Gasteiger partial charge in [0.2, 0.25) is 0 Å². The summed E-state index contributed by atoms with van der Waals surface area (Å²) in [6.07, 6.45) is 3.61. The Morgan fingerprint density at radius 1 is 1.28 bits per heavy atom. The largest absolute Gasteiger partial charge is 0.485 e. The van der Waals surface area contributed by atoms with E-state index in [4.69, 9.17) is 9.47 Å². The van der Waals surface area contributed by atoms with Crippen LogP contribution in [0.1, 0.15) is 28.2 Å². The first kappa shape index (κ1) is 15.7. The average Bonchev–Trinajstić information content (AvgIpc) is 3.31. The first-order valence-corrected chi connectivity index (χ1v) is 8.89. The molecule has 0 bridgehead atoms. The minimum atomic E-state index is -0.185. The molecule has 0 fully saturated rings. The lowest BCUT2D eigenvalue weighted by Crippen LogP contribution is -2.27. The van der Waals surface area contributed by atoms with Crippen molar-refractivity contribution in [3.8, 4) is 17.2 Å². The number of benzene rings is 1. The lowest BCUT2D eigenvalue weighted by molar-refractivity contribution is 0.0935. The van der Waals surface area contributed by atoms with Crippen LogP contribution in [0.3, 0.4) is 0 Å². The monoisotopic (exact) mass is 355 g/mol. The molecule has 1 unspecified atom stereocenters. The number of para-hydroxylation sites is 1.